The fraction of sp³-hybridized carbons (Fsp3) is 0.632. The van der Waals surface area contributed by atoms with E-state index < -0.39 is 0 Å². The van der Waals surface area contributed by atoms with Crippen LogP contribution >= 0.6 is 11.8 Å². The van der Waals surface area contributed by atoms with Crippen LogP contribution in [0.3, 0.4) is 0 Å². The van der Waals surface area contributed by atoms with Crippen molar-refractivity contribution in [2.24, 2.45) is 5.92 Å². The van der Waals surface area contributed by atoms with Crippen LogP contribution < -0.4 is 15.1 Å². The molecule has 1 aromatic rings. The Morgan fingerprint density at radius 2 is 2.20 bits per heavy atom. The third-order valence-corrected chi connectivity index (χ3v) is 5.24. The number of carbonyl (C=O) groups excluding carboxylic acids is 1. The predicted octanol–water partition coefficient (Wildman–Crippen LogP) is -0.199. The first-order valence-electron chi connectivity index (χ1n) is 9.17. The third kappa shape index (κ3) is 6.98. The molecule has 6 heteroatoms. The van der Waals surface area contributed by atoms with Gasteiger partial charge < -0.3 is 19.9 Å². The van der Waals surface area contributed by atoms with Crippen molar-refractivity contribution in [1.82, 2.24) is 0 Å². The highest BCUT2D eigenvalue weighted by molar-refractivity contribution is 7.98. The number of carbonyl (C=O) groups is 1. The summed E-state index contributed by atoms with van der Waals surface area (Å²) < 4.78 is 5.92. The van der Waals surface area contributed by atoms with Gasteiger partial charge in [0.15, 0.2) is 12.6 Å². The number of rotatable bonds is 8. The van der Waals surface area contributed by atoms with Gasteiger partial charge in [0.05, 0.1) is 25.9 Å². The number of thioether (sulfide) groups is 1. The molecule has 0 saturated carbocycles. The number of likely N-dealkylation sites (N-methyl/N-ethyl adjacent to an activating group) is 1. The monoisotopic (exact) mass is 367 g/mol. The second-order valence-electron chi connectivity index (χ2n) is 7.38. The fourth-order valence-electron chi connectivity index (χ4n) is 3.42. The molecule has 1 fully saturated rings. The minimum atomic E-state index is 0.0567. The molecule has 3 N–H and O–H groups in total. The Bertz CT molecular complexity index is 553. The molecular weight excluding hydrogens is 334 g/mol. The van der Waals surface area contributed by atoms with Gasteiger partial charge >= 0.3 is 0 Å². The second kappa shape index (κ2) is 10.2. The maximum atomic E-state index is 12.4. The van der Waals surface area contributed by atoms with Crippen molar-refractivity contribution in [3.05, 3.63) is 24.3 Å². The number of hydrogen-bond donors (Lipinski definition) is 3. The van der Waals surface area contributed by atoms with Gasteiger partial charge in [0.1, 0.15) is 19.6 Å². The maximum absolute atomic E-state index is 12.4. The Balaban J connectivity index is 1.79. The lowest BCUT2D eigenvalue weighted by atomic mass is 10.1. The topological polar surface area (TPSA) is 47.2 Å². The summed E-state index contributed by atoms with van der Waals surface area (Å²) in [4.78, 5) is 16.3. The molecule has 1 heterocycles. The van der Waals surface area contributed by atoms with E-state index in [0.29, 0.717) is 12.5 Å². The lowest BCUT2D eigenvalue weighted by Crippen LogP contribution is -3.18. The van der Waals surface area contributed by atoms with E-state index in [1.165, 1.54) is 11.4 Å². The van der Waals surface area contributed by atoms with Gasteiger partial charge in [-0.25, -0.2) is 0 Å². The van der Waals surface area contributed by atoms with Crippen molar-refractivity contribution in [3.8, 4) is 0 Å². The van der Waals surface area contributed by atoms with Gasteiger partial charge in [0.2, 0.25) is 0 Å². The Labute approximate surface area is 156 Å². The minimum absolute atomic E-state index is 0.0567. The molecule has 5 nitrogen and oxygen atoms in total. The number of morpholine rings is 1. The van der Waals surface area contributed by atoms with E-state index in [0.717, 1.165) is 36.8 Å². The molecule has 0 aliphatic carbocycles. The summed E-state index contributed by atoms with van der Waals surface area (Å²) in [6.07, 6.45) is 2.27. The van der Waals surface area contributed by atoms with Crippen LogP contribution in [0.25, 0.3) is 0 Å². The molecule has 25 heavy (non-hydrogen) atoms. The van der Waals surface area contributed by atoms with Crippen molar-refractivity contribution in [3.63, 3.8) is 0 Å². The molecule has 0 aromatic heterocycles. The molecule has 2 rings (SSSR count). The average molecular weight is 368 g/mol. The standard InChI is InChI=1S/C19H31N3O2S/c1-15(2)11-22-9-10-24-16(13-22)12-21(3)14-19(23)20-17-7-5-6-8-18(17)25-4/h5-8,15-16H,9-14H2,1-4H3,(H,20,23)/p+2/t16-/m1/s1. The molecule has 0 bridgehead atoms. The van der Waals surface area contributed by atoms with Crippen molar-refractivity contribution < 1.29 is 19.3 Å². The van der Waals surface area contributed by atoms with Crippen LogP contribution in [0.5, 0.6) is 0 Å². The highest BCUT2D eigenvalue weighted by atomic mass is 32.2. The zero-order chi connectivity index (χ0) is 18.2. The van der Waals surface area contributed by atoms with Crippen LogP contribution in [-0.2, 0) is 9.53 Å². The third-order valence-electron chi connectivity index (χ3n) is 4.44. The van der Waals surface area contributed by atoms with Crippen LogP contribution in [0, 0.1) is 5.92 Å². The number of para-hydroxylation sites is 1. The number of anilines is 1. The Kier molecular flexibility index (Phi) is 8.22. The summed E-state index contributed by atoms with van der Waals surface area (Å²) in [5, 5.41) is 3.04. The van der Waals surface area contributed by atoms with Gasteiger partial charge in [-0.1, -0.05) is 26.0 Å². The zero-order valence-corrected chi connectivity index (χ0v) is 16.7. The van der Waals surface area contributed by atoms with Crippen LogP contribution in [0.4, 0.5) is 5.69 Å². The van der Waals surface area contributed by atoms with Gasteiger partial charge in [-0.2, -0.15) is 0 Å². The summed E-state index contributed by atoms with van der Waals surface area (Å²) in [6, 6.07) is 7.92. The SMILES string of the molecule is CSc1ccccc1NC(=O)C[NH+](C)C[C@@H]1C[NH+](CC(C)C)CCO1. The zero-order valence-electron chi connectivity index (χ0n) is 15.9. The molecule has 3 atom stereocenters. The Morgan fingerprint density at radius 3 is 2.92 bits per heavy atom. The molecule has 1 amide bonds. The molecule has 1 saturated heterocycles. The first-order chi connectivity index (χ1) is 12.0. The van der Waals surface area contributed by atoms with Crippen LogP contribution in [0.1, 0.15) is 13.8 Å². The van der Waals surface area contributed by atoms with Crippen molar-refractivity contribution in [2.45, 2.75) is 24.8 Å². The Hall–Kier alpha value is -1.08. The van der Waals surface area contributed by atoms with Gasteiger partial charge in [-0.05, 0) is 18.4 Å². The van der Waals surface area contributed by atoms with Crippen LogP contribution in [-0.4, -0.2) is 64.6 Å². The van der Waals surface area contributed by atoms with E-state index in [9.17, 15) is 4.79 Å². The van der Waals surface area contributed by atoms with Crippen molar-refractivity contribution >= 4 is 23.4 Å². The average Bonchev–Trinajstić information content (AvgIpc) is 2.54. The molecule has 1 aliphatic heterocycles. The molecule has 0 spiro atoms. The van der Waals surface area contributed by atoms with E-state index in [-0.39, 0.29) is 12.0 Å². The number of ether oxygens (including phenoxy) is 1. The first-order valence-corrected chi connectivity index (χ1v) is 10.4. The maximum Gasteiger partial charge on any atom is 0.279 e. The summed E-state index contributed by atoms with van der Waals surface area (Å²) in [5.74, 6) is 0.766. The Morgan fingerprint density at radius 1 is 1.44 bits per heavy atom. The normalized spacial score (nSPS) is 22.0. The summed E-state index contributed by atoms with van der Waals surface area (Å²) in [7, 11) is 2.07. The van der Waals surface area contributed by atoms with Crippen LogP contribution in [0.2, 0.25) is 0 Å². The number of hydrogen-bond acceptors (Lipinski definition) is 3. The predicted molar refractivity (Wildman–Crippen MR) is 104 cm³/mol. The number of benzene rings is 1. The van der Waals surface area contributed by atoms with E-state index in [2.05, 4.69) is 26.2 Å². The van der Waals surface area contributed by atoms with Crippen molar-refractivity contribution in [2.75, 3.05) is 58.0 Å². The second-order valence-corrected chi connectivity index (χ2v) is 8.23. The summed E-state index contributed by atoms with van der Waals surface area (Å²) in [6.45, 7) is 10.0. The van der Waals surface area contributed by atoms with Crippen molar-refractivity contribution in [1.29, 1.82) is 0 Å². The number of amides is 1. The molecule has 1 aliphatic rings. The summed E-state index contributed by atoms with van der Waals surface area (Å²) in [5.41, 5.74) is 0.897. The largest absolute Gasteiger partial charge is 0.361 e. The van der Waals surface area contributed by atoms with Gasteiger partial charge in [-0.3, -0.25) is 4.79 Å². The lowest BCUT2D eigenvalue weighted by Gasteiger charge is -2.31. The van der Waals surface area contributed by atoms with E-state index in [4.69, 9.17) is 4.74 Å². The summed E-state index contributed by atoms with van der Waals surface area (Å²) >= 11 is 1.65. The van der Waals surface area contributed by atoms with E-state index >= 15 is 0 Å². The number of quaternary nitrogens is 2. The molecule has 1 aromatic carbocycles. The molecule has 0 radical (unpaired) electrons. The molecular formula is C19H33N3O2S+2. The quantitative estimate of drug-likeness (QED) is 0.558. The highest BCUT2D eigenvalue weighted by Crippen LogP contribution is 2.24. The number of nitrogens with one attached hydrogen (secondary N) is 3. The van der Waals surface area contributed by atoms with Crippen LogP contribution in [0.15, 0.2) is 29.2 Å². The first kappa shape index (κ1) is 20.2. The molecule has 2 unspecified atom stereocenters. The van der Waals surface area contributed by atoms with Gasteiger partial charge in [0, 0.05) is 10.8 Å². The highest BCUT2D eigenvalue weighted by Gasteiger charge is 2.27. The smallest absolute Gasteiger partial charge is 0.279 e. The van der Waals surface area contributed by atoms with Gasteiger partial charge in [0.25, 0.3) is 5.91 Å². The fourth-order valence-corrected chi connectivity index (χ4v) is 3.98. The van der Waals surface area contributed by atoms with E-state index in [1.807, 2.05) is 30.5 Å². The molecule has 140 valence electrons. The minimum Gasteiger partial charge on any atom is -0.361 e. The van der Waals surface area contributed by atoms with Gasteiger partial charge in [-0.15, -0.1) is 11.8 Å². The van der Waals surface area contributed by atoms with E-state index in [1.54, 1.807) is 16.7 Å². The lowest BCUT2D eigenvalue weighted by molar-refractivity contribution is -0.926.